The summed E-state index contributed by atoms with van der Waals surface area (Å²) in [6.07, 6.45) is 9.43. The van der Waals surface area contributed by atoms with E-state index in [0.717, 1.165) is 17.9 Å². The predicted molar refractivity (Wildman–Crippen MR) is 84.9 cm³/mol. The highest BCUT2D eigenvalue weighted by atomic mass is 79.9. The zero-order chi connectivity index (χ0) is 13.1. The van der Waals surface area contributed by atoms with Gasteiger partial charge in [-0.2, -0.15) is 0 Å². The lowest BCUT2D eigenvalue weighted by Gasteiger charge is -2.35. The van der Waals surface area contributed by atoms with Gasteiger partial charge in [-0.15, -0.1) is 0 Å². The number of halogens is 1. The van der Waals surface area contributed by atoms with Crippen LogP contribution in [0.1, 0.15) is 48.8 Å². The molecule has 0 spiro atoms. The normalized spacial score (nSPS) is 23.5. The Kier molecular flexibility index (Phi) is 4.60. The number of nitrogens with zero attached hydrogens (tertiary/aromatic N) is 1. The Morgan fingerprint density at radius 3 is 2.89 bits per heavy atom. The minimum Gasteiger partial charge on any atom is -0.296 e. The summed E-state index contributed by atoms with van der Waals surface area (Å²) >= 11 is 3.61. The van der Waals surface area contributed by atoms with E-state index in [4.69, 9.17) is 0 Å². The molecule has 1 aromatic rings. The van der Waals surface area contributed by atoms with Crippen molar-refractivity contribution in [3.8, 4) is 0 Å². The summed E-state index contributed by atoms with van der Waals surface area (Å²) in [5, 5.41) is 1.14. The summed E-state index contributed by atoms with van der Waals surface area (Å²) in [5.41, 5.74) is 4.74. The number of benzene rings is 1. The first kappa shape index (κ1) is 13.6. The predicted octanol–water partition coefficient (Wildman–Crippen LogP) is 4.31. The Balaban J connectivity index is 1.69. The molecule has 0 N–H and O–H groups in total. The van der Waals surface area contributed by atoms with Crippen LogP contribution in [0.2, 0.25) is 0 Å². The summed E-state index contributed by atoms with van der Waals surface area (Å²) in [6, 6.07) is 8.01. The van der Waals surface area contributed by atoms with Crippen LogP contribution in [0.3, 0.4) is 0 Å². The van der Waals surface area contributed by atoms with Crippen molar-refractivity contribution in [2.24, 2.45) is 0 Å². The molecule has 1 aromatic carbocycles. The quantitative estimate of drug-likeness (QED) is 0.747. The molecule has 0 radical (unpaired) electrons. The summed E-state index contributed by atoms with van der Waals surface area (Å²) in [7, 11) is 0. The van der Waals surface area contributed by atoms with E-state index in [-0.39, 0.29) is 0 Å². The maximum absolute atomic E-state index is 3.61. The number of rotatable bonds is 4. The van der Waals surface area contributed by atoms with Crippen LogP contribution in [-0.2, 0) is 19.4 Å². The van der Waals surface area contributed by atoms with Gasteiger partial charge in [-0.05, 0) is 61.8 Å². The van der Waals surface area contributed by atoms with E-state index in [1.54, 1.807) is 11.1 Å². The van der Waals surface area contributed by atoms with Crippen LogP contribution in [0.25, 0.3) is 0 Å². The van der Waals surface area contributed by atoms with Crippen LogP contribution >= 0.6 is 15.9 Å². The summed E-state index contributed by atoms with van der Waals surface area (Å²) in [4.78, 5) is 2.71. The zero-order valence-corrected chi connectivity index (χ0v) is 13.3. The Bertz CT molecular complexity index is 427. The van der Waals surface area contributed by atoms with E-state index in [1.807, 2.05) is 0 Å². The highest BCUT2D eigenvalue weighted by molar-refractivity contribution is 9.09. The molecule has 2 aliphatic rings. The van der Waals surface area contributed by atoms with Crippen molar-refractivity contribution in [1.29, 1.82) is 0 Å². The van der Waals surface area contributed by atoms with Crippen molar-refractivity contribution in [2.75, 3.05) is 11.9 Å². The Hall–Kier alpha value is -0.340. The molecule has 0 amide bonds. The topological polar surface area (TPSA) is 3.24 Å². The van der Waals surface area contributed by atoms with E-state index in [0.29, 0.717) is 0 Å². The van der Waals surface area contributed by atoms with Crippen LogP contribution in [-0.4, -0.2) is 22.8 Å². The van der Waals surface area contributed by atoms with E-state index >= 15 is 0 Å². The van der Waals surface area contributed by atoms with Crippen molar-refractivity contribution in [3.05, 3.63) is 34.9 Å². The molecule has 1 saturated heterocycles. The second kappa shape index (κ2) is 6.41. The van der Waals surface area contributed by atoms with Crippen molar-refractivity contribution in [2.45, 2.75) is 57.5 Å². The molecule has 1 fully saturated rings. The first-order chi connectivity index (χ1) is 9.36. The third-order valence-corrected chi connectivity index (χ3v) is 5.20. The lowest BCUT2D eigenvalue weighted by atomic mass is 9.98. The first-order valence-electron chi connectivity index (χ1n) is 7.77. The second-order valence-electron chi connectivity index (χ2n) is 6.05. The molecular formula is C17H24BrN. The molecule has 1 unspecified atom stereocenters. The monoisotopic (exact) mass is 321 g/mol. The van der Waals surface area contributed by atoms with Crippen LogP contribution < -0.4 is 0 Å². The van der Waals surface area contributed by atoms with Gasteiger partial charge in [-0.1, -0.05) is 40.5 Å². The molecule has 1 aliphatic carbocycles. The van der Waals surface area contributed by atoms with Gasteiger partial charge in [0.05, 0.1) is 0 Å². The molecule has 1 nitrogen and oxygen atoms in total. The maximum atomic E-state index is 3.61. The van der Waals surface area contributed by atoms with Crippen LogP contribution in [0.15, 0.2) is 18.2 Å². The first-order valence-corrected chi connectivity index (χ1v) is 8.89. The lowest BCUT2D eigenvalue weighted by molar-refractivity contribution is 0.137. The van der Waals surface area contributed by atoms with Gasteiger partial charge in [-0.3, -0.25) is 4.90 Å². The summed E-state index contributed by atoms with van der Waals surface area (Å²) in [5.74, 6) is 0. The van der Waals surface area contributed by atoms with Gasteiger partial charge in [0.25, 0.3) is 0 Å². The lowest BCUT2D eigenvalue weighted by Crippen LogP contribution is -2.39. The molecule has 2 heteroatoms. The fourth-order valence-electron chi connectivity index (χ4n) is 3.68. The number of likely N-dealkylation sites (tertiary alicyclic amines) is 1. The molecule has 19 heavy (non-hydrogen) atoms. The number of hydrogen-bond donors (Lipinski definition) is 0. The van der Waals surface area contributed by atoms with Crippen molar-refractivity contribution in [3.63, 3.8) is 0 Å². The number of alkyl halides is 1. The van der Waals surface area contributed by atoms with E-state index in [9.17, 15) is 0 Å². The van der Waals surface area contributed by atoms with Crippen molar-refractivity contribution in [1.82, 2.24) is 4.90 Å². The number of aryl methyl sites for hydroxylation is 2. The van der Waals surface area contributed by atoms with Gasteiger partial charge in [0.15, 0.2) is 0 Å². The number of piperidine rings is 1. The van der Waals surface area contributed by atoms with Crippen molar-refractivity contribution >= 4 is 15.9 Å². The molecule has 104 valence electrons. The third kappa shape index (κ3) is 3.22. The average molecular weight is 322 g/mol. The van der Waals surface area contributed by atoms with Gasteiger partial charge < -0.3 is 0 Å². The van der Waals surface area contributed by atoms with E-state index < -0.39 is 0 Å². The van der Waals surface area contributed by atoms with Gasteiger partial charge >= 0.3 is 0 Å². The summed E-state index contributed by atoms with van der Waals surface area (Å²) in [6.45, 7) is 2.44. The standard InChI is InChI=1S/C17H24BrN/c18-10-9-17-6-1-2-11-19(17)13-14-7-8-15-4-3-5-16(15)12-14/h7-8,12,17H,1-6,9-11,13H2. The SMILES string of the molecule is BrCCC1CCCCN1Cc1ccc2c(c1)CCC2. The van der Waals surface area contributed by atoms with Crippen LogP contribution in [0, 0.1) is 0 Å². The van der Waals surface area contributed by atoms with E-state index in [2.05, 4.69) is 39.0 Å². The zero-order valence-electron chi connectivity index (χ0n) is 11.7. The van der Waals surface area contributed by atoms with Crippen LogP contribution in [0.5, 0.6) is 0 Å². The van der Waals surface area contributed by atoms with Gasteiger partial charge in [0, 0.05) is 17.9 Å². The minimum atomic E-state index is 0.793. The minimum absolute atomic E-state index is 0.793. The largest absolute Gasteiger partial charge is 0.296 e. The highest BCUT2D eigenvalue weighted by Gasteiger charge is 2.22. The second-order valence-corrected chi connectivity index (χ2v) is 6.85. The summed E-state index contributed by atoms with van der Waals surface area (Å²) < 4.78 is 0. The molecule has 3 rings (SSSR count). The van der Waals surface area contributed by atoms with Crippen LogP contribution in [0.4, 0.5) is 0 Å². The third-order valence-electron chi connectivity index (χ3n) is 4.74. The molecule has 1 atom stereocenters. The molecule has 0 saturated carbocycles. The Labute approximate surface area is 125 Å². The smallest absolute Gasteiger partial charge is 0.0236 e. The van der Waals surface area contributed by atoms with Gasteiger partial charge in [0.1, 0.15) is 0 Å². The molecule has 0 bridgehead atoms. The van der Waals surface area contributed by atoms with E-state index in [1.165, 1.54) is 57.1 Å². The molecule has 1 aliphatic heterocycles. The van der Waals surface area contributed by atoms with Gasteiger partial charge in [0.2, 0.25) is 0 Å². The van der Waals surface area contributed by atoms with Crippen molar-refractivity contribution < 1.29 is 0 Å². The molecule has 1 heterocycles. The fourth-order valence-corrected chi connectivity index (χ4v) is 4.21. The maximum Gasteiger partial charge on any atom is 0.0236 e. The van der Waals surface area contributed by atoms with Gasteiger partial charge in [-0.25, -0.2) is 0 Å². The highest BCUT2D eigenvalue weighted by Crippen LogP contribution is 2.26. The molecular weight excluding hydrogens is 298 g/mol. The molecule has 0 aromatic heterocycles. The average Bonchev–Trinajstić information content (AvgIpc) is 2.89. The Morgan fingerprint density at radius 2 is 2.00 bits per heavy atom. The number of hydrogen-bond acceptors (Lipinski definition) is 1. The number of fused-ring (bicyclic) bond motifs is 1. The Morgan fingerprint density at radius 1 is 1.11 bits per heavy atom. The fraction of sp³-hybridized carbons (Fsp3) is 0.647.